The third kappa shape index (κ3) is 5.66. The Morgan fingerprint density at radius 3 is 2.60 bits per heavy atom. The van der Waals surface area contributed by atoms with Crippen molar-refractivity contribution in [2.24, 2.45) is 0 Å². The molecule has 0 saturated heterocycles. The molecule has 0 unspecified atom stereocenters. The number of carbonyl (C=O) groups excluding carboxylic acids is 1. The van der Waals surface area contributed by atoms with E-state index in [1.807, 2.05) is 0 Å². The minimum absolute atomic E-state index is 0.126. The topological polar surface area (TPSA) is 75.6 Å². The second-order valence-corrected chi connectivity index (χ2v) is 6.25. The Bertz CT molecular complexity index is 793. The van der Waals surface area contributed by atoms with Crippen LogP contribution in [0.25, 0.3) is 0 Å². The van der Waals surface area contributed by atoms with Crippen LogP contribution in [-0.2, 0) is 4.79 Å². The zero-order valence-electron chi connectivity index (χ0n) is 13.5. The molecule has 1 amide bonds. The number of nitrogens with one attached hydrogen (secondary N) is 1. The minimum atomic E-state index is -1.04. The third-order valence-electron chi connectivity index (χ3n) is 3.46. The first-order valence-corrected chi connectivity index (χ1v) is 8.34. The number of hydrogen-bond acceptors (Lipinski definition) is 3. The molecule has 0 atom stereocenters. The van der Waals surface area contributed by atoms with E-state index in [0.29, 0.717) is 34.5 Å². The number of anilines is 1. The lowest BCUT2D eigenvalue weighted by Gasteiger charge is -2.10. The SMILES string of the molecule is Cc1ccc(C(=O)O)cc1NC(=O)CCCOc1ccc(Cl)cc1Cl. The first-order chi connectivity index (χ1) is 11.9. The lowest BCUT2D eigenvalue weighted by molar-refractivity contribution is -0.116. The monoisotopic (exact) mass is 381 g/mol. The van der Waals surface area contributed by atoms with Crippen LogP contribution in [-0.4, -0.2) is 23.6 Å². The van der Waals surface area contributed by atoms with Gasteiger partial charge in [-0.1, -0.05) is 29.3 Å². The fraction of sp³-hybridized carbons (Fsp3) is 0.222. The van der Waals surface area contributed by atoms with Gasteiger partial charge in [0.15, 0.2) is 0 Å². The van der Waals surface area contributed by atoms with Gasteiger partial charge < -0.3 is 15.2 Å². The predicted octanol–water partition coefficient (Wildman–Crippen LogP) is 4.80. The maximum absolute atomic E-state index is 12.0. The van der Waals surface area contributed by atoms with E-state index in [1.165, 1.54) is 12.1 Å². The summed E-state index contributed by atoms with van der Waals surface area (Å²) in [4.78, 5) is 23.0. The summed E-state index contributed by atoms with van der Waals surface area (Å²) in [7, 11) is 0. The normalized spacial score (nSPS) is 10.4. The maximum atomic E-state index is 12.0. The number of ether oxygens (including phenoxy) is 1. The molecule has 2 N–H and O–H groups in total. The van der Waals surface area contributed by atoms with Crippen molar-refractivity contribution < 1.29 is 19.4 Å². The number of amides is 1. The number of benzene rings is 2. The highest BCUT2D eigenvalue weighted by Crippen LogP contribution is 2.27. The predicted molar refractivity (Wildman–Crippen MR) is 98.0 cm³/mol. The van der Waals surface area contributed by atoms with E-state index in [-0.39, 0.29) is 17.9 Å². The number of rotatable bonds is 7. The van der Waals surface area contributed by atoms with E-state index in [0.717, 1.165) is 5.56 Å². The van der Waals surface area contributed by atoms with Gasteiger partial charge in [0.25, 0.3) is 0 Å². The van der Waals surface area contributed by atoms with Gasteiger partial charge in [0.2, 0.25) is 5.91 Å². The minimum Gasteiger partial charge on any atom is -0.492 e. The van der Waals surface area contributed by atoms with Crippen LogP contribution < -0.4 is 10.1 Å². The summed E-state index contributed by atoms with van der Waals surface area (Å²) >= 11 is 11.8. The van der Waals surface area contributed by atoms with Gasteiger partial charge >= 0.3 is 5.97 Å². The van der Waals surface area contributed by atoms with Crippen molar-refractivity contribution in [3.05, 3.63) is 57.6 Å². The van der Waals surface area contributed by atoms with E-state index in [9.17, 15) is 9.59 Å². The third-order valence-corrected chi connectivity index (χ3v) is 3.99. The van der Waals surface area contributed by atoms with E-state index in [1.54, 1.807) is 31.2 Å². The van der Waals surface area contributed by atoms with Crippen LogP contribution in [0.2, 0.25) is 10.0 Å². The van der Waals surface area contributed by atoms with Crippen LogP contribution >= 0.6 is 23.2 Å². The van der Waals surface area contributed by atoms with Crippen molar-refractivity contribution in [3.8, 4) is 5.75 Å². The Balaban J connectivity index is 1.83. The van der Waals surface area contributed by atoms with Gasteiger partial charge in [-0.2, -0.15) is 0 Å². The van der Waals surface area contributed by atoms with Crippen LogP contribution in [0.5, 0.6) is 5.75 Å². The van der Waals surface area contributed by atoms with Crippen molar-refractivity contribution in [3.63, 3.8) is 0 Å². The average molecular weight is 382 g/mol. The van der Waals surface area contributed by atoms with Crippen molar-refractivity contribution >= 4 is 40.8 Å². The molecule has 132 valence electrons. The molecular weight excluding hydrogens is 365 g/mol. The highest BCUT2D eigenvalue weighted by Gasteiger charge is 2.09. The van der Waals surface area contributed by atoms with E-state index < -0.39 is 5.97 Å². The van der Waals surface area contributed by atoms with Gasteiger partial charge in [0, 0.05) is 17.1 Å². The van der Waals surface area contributed by atoms with Gasteiger partial charge in [-0.05, 0) is 49.2 Å². The van der Waals surface area contributed by atoms with Gasteiger partial charge in [-0.3, -0.25) is 4.79 Å². The summed E-state index contributed by atoms with van der Waals surface area (Å²) in [6.07, 6.45) is 0.727. The molecule has 0 fully saturated rings. The fourth-order valence-electron chi connectivity index (χ4n) is 2.11. The maximum Gasteiger partial charge on any atom is 0.335 e. The zero-order valence-corrected chi connectivity index (χ0v) is 15.0. The molecule has 2 aromatic carbocycles. The number of carbonyl (C=O) groups is 2. The Morgan fingerprint density at radius 1 is 1.16 bits per heavy atom. The van der Waals surface area contributed by atoms with Gasteiger partial charge in [-0.25, -0.2) is 4.79 Å². The molecule has 0 aromatic heterocycles. The highest BCUT2D eigenvalue weighted by molar-refractivity contribution is 6.35. The lowest BCUT2D eigenvalue weighted by atomic mass is 10.1. The first-order valence-electron chi connectivity index (χ1n) is 7.58. The number of carboxylic acids is 1. The molecule has 0 spiro atoms. The Kier molecular flexibility index (Phi) is 6.67. The van der Waals surface area contributed by atoms with Crippen LogP contribution in [0.1, 0.15) is 28.8 Å². The summed E-state index contributed by atoms with van der Waals surface area (Å²) < 4.78 is 5.52. The largest absolute Gasteiger partial charge is 0.492 e. The summed E-state index contributed by atoms with van der Waals surface area (Å²) in [5, 5.41) is 12.7. The van der Waals surface area contributed by atoms with Gasteiger partial charge in [0.05, 0.1) is 17.2 Å². The Hall–Kier alpha value is -2.24. The summed E-state index contributed by atoms with van der Waals surface area (Å²) in [5.74, 6) is -0.739. The van der Waals surface area contributed by atoms with Gasteiger partial charge in [-0.15, -0.1) is 0 Å². The average Bonchev–Trinajstić information content (AvgIpc) is 2.55. The van der Waals surface area contributed by atoms with E-state index >= 15 is 0 Å². The van der Waals surface area contributed by atoms with Crippen molar-refractivity contribution in [1.29, 1.82) is 0 Å². The van der Waals surface area contributed by atoms with Crippen molar-refractivity contribution in [2.45, 2.75) is 19.8 Å². The molecule has 2 aromatic rings. The number of halogens is 2. The molecule has 0 aliphatic carbocycles. The van der Waals surface area contributed by atoms with Crippen LogP contribution in [0.3, 0.4) is 0 Å². The van der Waals surface area contributed by atoms with Gasteiger partial charge in [0.1, 0.15) is 5.75 Å². The highest BCUT2D eigenvalue weighted by atomic mass is 35.5. The number of aryl methyl sites for hydroxylation is 1. The second kappa shape index (κ2) is 8.74. The lowest BCUT2D eigenvalue weighted by Crippen LogP contribution is -2.14. The molecule has 7 heteroatoms. The van der Waals surface area contributed by atoms with Crippen molar-refractivity contribution in [2.75, 3.05) is 11.9 Å². The summed E-state index contributed by atoms with van der Waals surface area (Å²) in [5.41, 5.74) is 1.41. The second-order valence-electron chi connectivity index (χ2n) is 5.41. The number of aromatic carboxylic acids is 1. The molecule has 0 saturated carbocycles. The Morgan fingerprint density at radius 2 is 1.92 bits per heavy atom. The van der Waals surface area contributed by atoms with Crippen molar-refractivity contribution in [1.82, 2.24) is 0 Å². The quantitative estimate of drug-likeness (QED) is 0.675. The molecule has 0 aliphatic heterocycles. The van der Waals surface area contributed by atoms with E-state index in [4.69, 9.17) is 33.0 Å². The zero-order chi connectivity index (χ0) is 18.4. The van der Waals surface area contributed by atoms with Crippen LogP contribution in [0, 0.1) is 6.92 Å². The summed E-state index contributed by atoms with van der Waals surface area (Å²) in [6, 6.07) is 9.53. The molecule has 0 heterocycles. The van der Waals surface area contributed by atoms with E-state index in [2.05, 4.69) is 5.32 Å². The molecule has 2 rings (SSSR count). The fourth-order valence-corrected chi connectivity index (χ4v) is 2.57. The molecule has 5 nitrogen and oxygen atoms in total. The number of hydrogen-bond donors (Lipinski definition) is 2. The molecular formula is C18H17Cl2NO4. The number of carboxylic acid groups (broad SMARTS) is 1. The summed E-state index contributed by atoms with van der Waals surface area (Å²) in [6.45, 7) is 2.12. The standard InChI is InChI=1S/C18H17Cl2NO4/c1-11-4-5-12(18(23)24)9-15(11)21-17(22)3-2-8-25-16-7-6-13(19)10-14(16)20/h4-7,9-10H,2-3,8H2,1H3,(H,21,22)(H,23,24). The molecule has 0 aliphatic rings. The molecule has 25 heavy (non-hydrogen) atoms. The molecule has 0 radical (unpaired) electrons. The first kappa shape index (κ1) is 19.1. The molecule has 0 bridgehead atoms. The van der Waals surface area contributed by atoms with Crippen LogP contribution in [0.4, 0.5) is 5.69 Å². The Labute approximate surface area is 155 Å². The van der Waals surface area contributed by atoms with Crippen LogP contribution in [0.15, 0.2) is 36.4 Å². The smallest absolute Gasteiger partial charge is 0.335 e.